The highest BCUT2D eigenvalue weighted by Crippen LogP contribution is 2.27. The van der Waals surface area contributed by atoms with E-state index in [0.29, 0.717) is 18.1 Å². The first-order valence-electron chi connectivity index (χ1n) is 11.7. The van der Waals surface area contributed by atoms with Crippen LogP contribution in [-0.2, 0) is 10.2 Å². The van der Waals surface area contributed by atoms with Crippen molar-refractivity contribution in [1.82, 2.24) is 14.7 Å². The Morgan fingerprint density at radius 1 is 1.00 bits per heavy atom. The van der Waals surface area contributed by atoms with E-state index in [0.717, 1.165) is 28.3 Å². The fraction of sp³-hybridized carbons (Fsp3) is 0.370. The number of nitrogens with one attached hydrogen (secondary N) is 2. The molecular weight excluding hydrogens is 442 g/mol. The summed E-state index contributed by atoms with van der Waals surface area (Å²) in [5.41, 5.74) is 4.35. The monoisotopic (exact) mass is 477 g/mol. The number of nitrogens with zero attached hydrogens (tertiary/aromatic N) is 3. The highest BCUT2D eigenvalue weighted by molar-refractivity contribution is 5.96. The van der Waals surface area contributed by atoms with Gasteiger partial charge in [-0.05, 0) is 68.3 Å². The normalized spacial score (nSPS) is 11.2. The summed E-state index contributed by atoms with van der Waals surface area (Å²) in [5.74, 6) is 0.962. The van der Waals surface area contributed by atoms with Gasteiger partial charge in [-0.1, -0.05) is 26.8 Å². The number of anilines is 2. The van der Waals surface area contributed by atoms with Gasteiger partial charge in [0.05, 0.1) is 18.5 Å². The summed E-state index contributed by atoms with van der Waals surface area (Å²) < 4.78 is 6.95. The van der Waals surface area contributed by atoms with Crippen molar-refractivity contribution in [2.75, 3.05) is 30.8 Å². The Hall–Kier alpha value is -3.81. The number of methoxy groups -OCH3 is 1. The highest BCUT2D eigenvalue weighted by atomic mass is 16.5. The van der Waals surface area contributed by atoms with E-state index in [2.05, 4.69) is 31.4 Å². The zero-order valence-electron chi connectivity index (χ0n) is 21.6. The number of urea groups is 1. The molecule has 3 aromatic rings. The first-order chi connectivity index (χ1) is 16.5. The highest BCUT2D eigenvalue weighted by Gasteiger charge is 2.23. The number of aromatic nitrogens is 2. The standard InChI is InChI=1S/C27H35N5O3/c1-8-31(26(34)28-20-10-9-18(2)19(3)15-20)17-25(33)29-24-16-23(27(4,5)6)30-32(24)21-11-13-22(35-7)14-12-21/h9-16H,8,17H2,1-7H3,(H,28,34)(H,29,33). The third-order valence-corrected chi connectivity index (χ3v) is 5.82. The maximum atomic E-state index is 13.0. The SMILES string of the molecule is CCN(CC(=O)Nc1cc(C(C)(C)C)nn1-c1ccc(OC)cc1)C(=O)Nc1ccc(C)c(C)c1. The minimum atomic E-state index is -0.329. The Balaban J connectivity index is 1.77. The van der Waals surface area contributed by atoms with E-state index < -0.39 is 0 Å². The second-order valence-corrected chi connectivity index (χ2v) is 9.57. The van der Waals surface area contributed by atoms with Crippen LogP contribution in [-0.4, -0.2) is 46.8 Å². The summed E-state index contributed by atoms with van der Waals surface area (Å²) in [6.07, 6.45) is 0. The van der Waals surface area contributed by atoms with E-state index in [1.807, 2.05) is 69.3 Å². The summed E-state index contributed by atoms with van der Waals surface area (Å²) >= 11 is 0. The van der Waals surface area contributed by atoms with Crippen LogP contribution in [0.4, 0.5) is 16.3 Å². The lowest BCUT2D eigenvalue weighted by Crippen LogP contribution is -2.40. The van der Waals surface area contributed by atoms with Gasteiger partial charge in [-0.2, -0.15) is 5.10 Å². The third-order valence-electron chi connectivity index (χ3n) is 5.82. The third kappa shape index (κ3) is 6.41. The predicted molar refractivity (Wildman–Crippen MR) is 140 cm³/mol. The quantitative estimate of drug-likeness (QED) is 0.484. The Bertz CT molecular complexity index is 1190. The zero-order chi connectivity index (χ0) is 25.8. The van der Waals surface area contributed by atoms with E-state index >= 15 is 0 Å². The summed E-state index contributed by atoms with van der Waals surface area (Å²) in [7, 11) is 1.61. The van der Waals surface area contributed by atoms with Gasteiger partial charge in [0.15, 0.2) is 0 Å². The molecule has 1 heterocycles. The molecule has 0 aliphatic rings. The topological polar surface area (TPSA) is 88.5 Å². The van der Waals surface area contributed by atoms with Crippen LogP contribution in [0.1, 0.15) is 44.5 Å². The largest absolute Gasteiger partial charge is 0.497 e. The average Bonchev–Trinajstić information content (AvgIpc) is 3.24. The molecule has 0 fully saturated rings. The maximum Gasteiger partial charge on any atom is 0.322 e. The number of aryl methyl sites for hydroxylation is 2. The van der Waals surface area contributed by atoms with E-state index in [-0.39, 0.29) is 23.9 Å². The van der Waals surface area contributed by atoms with E-state index in [1.165, 1.54) is 4.90 Å². The average molecular weight is 478 g/mol. The van der Waals surface area contributed by atoms with Gasteiger partial charge in [-0.25, -0.2) is 9.48 Å². The second-order valence-electron chi connectivity index (χ2n) is 9.57. The Labute approximate surface area is 207 Å². The lowest BCUT2D eigenvalue weighted by Gasteiger charge is -2.21. The smallest absolute Gasteiger partial charge is 0.322 e. The summed E-state index contributed by atoms with van der Waals surface area (Å²) in [4.78, 5) is 27.3. The molecule has 3 amide bonds. The number of likely N-dealkylation sites (N-methyl/N-ethyl adjacent to an activating group) is 1. The van der Waals surface area contributed by atoms with Gasteiger partial charge in [0.2, 0.25) is 5.91 Å². The first kappa shape index (κ1) is 25.8. The van der Waals surface area contributed by atoms with Gasteiger partial charge >= 0.3 is 6.03 Å². The van der Waals surface area contributed by atoms with Crippen molar-refractivity contribution in [3.05, 3.63) is 65.4 Å². The van der Waals surface area contributed by atoms with Crippen molar-refractivity contribution in [2.24, 2.45) is 0 Å². The number of rotatable bonds is 7. The van der Waals surface area contributed by atoms with Gasteiger partial charge in [0.25, 0.3) is 0 Å². The fourth-order valence-corrected chi connectivity index (χ4v) is 3.46. The lowest BCUT2D eigenvalue weighted by atomic mass is 9.92. The molecule has 0 atom stereocenters. The zero-order valence-corrected chi connectivity index (χ0v) is 21.6. The molecule has 0 bridgehead atoms. The summed E-state index contributed by atoms with van der Waals surface area (Å²) in [6.45, 7) is 12.3. The van der Waals surface area contributed by atoms with Crippen molar-refractivity contribution in [2.45, 2.75) is 47.0 Å². The molecule has 0 aliphatic heterocycles. The molecule has 0 saturated heterocycles. The molecule has 8 heteroatoms. The van der Waals surface area contributed by atoms with Gasteiger partial charge < -0.3 is 20.3 Å². The van der Waals surface area contributed by atoms with Gasteiger partial charge in [0.1, 0.15) is 18.1 Å². The molecule has 35 heavy (non-hydrogen) atoms. The molecule has 2 N–H and O–H groups in total. The maximum absolute atomic E-state index is 13.0. The molecule has 8 nitrogen and oxygen atoms in total. The fourth-order valence-electron chi connectivity index (χ4n) is 3.46. The summed E-state index contributed by atoms with van der Waals surface area (Å²) in [6, 6.07) is 14.7. The number of hydrogen-bond acceptors (Lipinski definition) is 4. The van der Waals surface area contributed by atoms with Crippen LogP contribution in [0, 0.1) is 13.8 Å². The molecule has 0 saturated carbocycles. The molecule has 186 valence electrons. The van der Waals surface area contributed by atoms with E-state index in [1.54, 1.807) is 11.8 Å². The van der Waals surface area contributed by atoms with Crippen molar-refractivity contribution >= 4 is 23.4 Å². The Morgan fingerprint density at radius 3 is 2.26 bits per heavy atom. The first-order valence-corrected chi connectivity index (χ1v) is 11.7. The minimum absolute atomic E-state index is 0.0914. The molecule has 3 rings (SSSR count). The molecule has 2 aromatic carbocycles. The number of ether oxygens (including phenoxy) is 1. The number of carbonyl (C=O) groups excluding carboxylic acids is 2. The van der Waals surface area contributed by atoms with Crippen LogP contribution >= 0.6 is 0 Å². The number of amides is 3. The lowest BCUT2D eigenvalue weighted by molar-refractivity contribution is -0.116. The molecular formula is C27H35N5O3. The van der Waals surface area contributed by atoms with Crippen molar-refractivity contribution < 1.29 is 14.3 Å². The van der Waals surface area contributed by atoms with E-state index in [4.69, 9.17) is 9.84 Å². The second kappa shape index (κ2) is 10.6. The Morgan fingerprint density at radius 2 is 1.69 bits per heavy atom. The van der Waals surface area contributed by atoms with Crippen LogP contribution in [0.3, 0.4) is 0 Å². The van der Waals surface area contributed by atoms with Gasteiger partial charge in [-0.15, -0.1) is 0 Å². The molecule has 0 aliphatic carbocycles. The molecule has 0 radical (unpaired) electrons. The van der Waals surface area contributed by atoms with Crippen LogP contribution in [0.5, 0.6) is 5.75 Å². The minimum Gasteiger partial charge on any atom is -0.497 e. The van der Waals surface area contributed by atoms with Crippen LogP contribution < -0.4 is 15.4 Å². The van der Waals surface area contributed by atoms with Crippen molar-refractivity contribution in [1.29, 1.82) is 0 Å². The van der Waals surface area contributed by atoms with Crippen molar-refractivity contribution in [3.63, 3.8) is 0 Å². The molecule has 0 spiro atoms. The summed E-state index contributed by atoms with van der Waals surface area (Å²) in [5, 5.41) is 10.6. The number of benzene rings is 2. The van der Waals surface area contributed by atoms with Gasteiger partial charge in [-0.3, -0.25) is 4.79 Å². The van der Waals surface area contributed by atoms with Crippen LogP contribution in [0.2, 0.25) is 0 Å². The molecule has 0 unspecified atom stereocenters. The van der Waals surface area contributed by atoms with E-state index in [9.17, 15) is 9.59 Å². The predicted octanol–water partition coefficient (Wildman–Crippen LogP) is 5.29. The van der Waals surface area contributed by atoms with Gasteiger partial charge in [0, 0.05) is 23.7 Å². The van der Waals surface area contributed by atoms with Crippen molar-refractivity contribution in [3.8, 4) is 11.4 Å². The Kier molecular flexibility index (Phi) is 7.84. The number of hydrogen-bond donors (Lipinski definition) is 2. The van der Waals surface area contributed by atoms with Crippen LogP contribution in [0.15, 0.2) is 48.5 Å². The number of carbonyl (C=O) groups is 2. The van der Waals surface area contributed by atoms with Crippen LogP contribution in [0.25, 0.3) is 5.69 Å². The molecule has 1 aromatic heterocycles.